The molecule has 13 heteroatoms. The van der Waals surface area contributed by atoms with E-state index >= 15 is 0 Å². The van der Waals surface area contributed by atoms with Crippen LogP contribution in [0, 0.1) is 39.5 Å². The minimum absolute atomic E-state index is 0.0273. The number of carbonyl (C=O) groups is 1. The molecule has 0 bridgehead atoms. The molecule has 1 aliphatic carbocycles. The van der Waals surface area contributed by atoms with Gasteiger partial charge in [0.05, 0.1) is 22.0 Å². The number of nitrogens with zero attached hydrogens (tertiary/aromatic N) is 2. The van der Waals surface area contributed by atoms with Gasteiger partial charge >= 0.3 is 10.1 Å². The molecular weight excluding hydrogens is 458 g/mol. The van der Waals surface area contributed by atoms with E-state index in [0.717, 1.165) is 6.08 Å². The number of carbonyl (C=O) groups excluding carboxylic acids is 1. The van der Waals surface area contributed by atoms with Crippen LogP contribution in [0.2, 0.25) is 0 Å². The highest BCUT2D eigenvalue weighted by atomic mass is 32.2. The molecule has 3 rings (SSSR count). The Hall–Kier alpha value is -3.97. The lowest BCUT2D eigenvalue weighted by Crippen LogP contribution is -2.23. The van der Waals surface area contributed by atoms with Crippen molar-refractivity contribution in [3.63, 3.8) is 0 Å². The van der Waals surface area contributed by atoms with Crippen molar-refractivity contribution in [2.75, 3.05) is 7.11 Å². The van der Waals surface area contributed by atoms with Gasteiger partial charge in [-0.3, -0.25) is 30.4 Å². The molecule has 0 aromatic heterocycles. The van der Waals surface area contributed by atoms with E-state index in [9.17, 15) is 33.4 Å². The van der Waals surface area contributed by atoms with E-state index in [-0.39, 0.29) is 27.8 Å². The van der Waals surface area contributed by atoms with Crippen LogP contribution in [0.15, 0.2) is 30.3 Å². The molecule has 1 N–H and O–H groups in total. The number of nitrogens with one attached hydrogen (secondary N) is 1. The van der Waals surface area contributed by atoms with Crippen molar-refractivity contribution in [3.8, 4) is 5.75 Å². The van der Waals surface area contributed by atoms with E-state index in [1.807, 2.05) is 0 Å². The summed E-state index contributed by atoms with van der Waals surface area (Å²) in [6, 6.07) is 5.66. The molecule has 0 radical (unpaired) electrons. The zero-order chi connectivity index (χ0) is 24.7. The van der Waals surface area contributed by atoms with Crippen LogP contribution < -0.4 is 4.18 Å². The summed E-state index contributed by atoms with van der Waals surface area (Å²) in [4.78, 5) is 33.3. The molecule has 0 aliphatic heterocycles. The van der Waals surface area contributed by atoms with E-state index in [4.69, 9.17) is 14.3 Å². The molecule has 0 amide bonds. The number of nitro benzene ring substituents is 2. The molecule has 2 aromatic carbocycles. The Morgan fingerprint density at radius 3 is 2.12 bits per heavy atom. The van der Waals surface area contributed by atoms with Crippen LogP contribution in [-0.4, -0.2) is 36.9 Å². The molecule has 2 aromatic rings. The number of ketones is 1. The molecule has 0 atom stereocenters. The average molecular weight is 475 g/mol. The number of ether oxygens (including phenoxy) is 1. The molecular formula is C20H17N3O9S. The zero-order valence-corrected chi connectivity index (χ0v) is 18.4. The molecule has 33 heavy (non-hydrogen) atoms. The van der Waals surface area contributed by atoms with Gasteiger partial charge in [-0.1, -0.05) is 24.3 Å². The predicted octanol–water partition coefficient (Wildman–Crippen LogP) is 3.23. The smallest absolute Gasteiger partial charge is 0.339 e. The van der Waals surface area contributed by atoms with Crippen LogP contribution in [0.4, 0.5) is 11.4 Å². The third-order valence-corrected chi connectivity index (χ3v) is 6.30. The largest absolute Gasteiger partial charge is 0.380 e. The highest BCUT2D eigenvalue weighted by molar-refractivity contribution is 7.96. The summed E-state index contributed by atoms with van der Waals surface area (Å²) in [7, 11) is -3.59. The summed E-state index contributed by atoms with van der Waals surface area (Å²) in [6.07, 6.45) is 0.808. The number of rotatable bonds is 7. The molecule has 12 nitrogen and oxygen atoms in total. The van der Waals surface area contributed by atoms with Crippen molar-refractivity contribution in [1.29, 1.82) is 5.41 Å². The lowest BCUT2D eigenvalue weighted by molar-refractivity contribution is -0.396. The fraction of sp³-hybridized carbons (Fsp3) is 0.200. The predicted molar refractivity (Wildman–Crippen MR) is 116 cm³/mol. The van der Waals surface area contributed by atoms with E-state index < -0.39 is 60.1 Å². The second-order valence-corrected chi connectivity index (χ2v) is 8.55. The number of benzene rings is 2. The van der Waals surface area contributed by atoms with Crippen molar-refractivity contribution in [1.82, 2.24) is 0 Å². The van der Waals surface area contributed by atoms with Crippen LogP contribution in [0.5, 0.6) is 5.75 Å². The quantitative estimate of drug-likeness (QED) is 0.357. The highest BCUT2D eigenvalue weighted by Gasteiger charge is 2.38. The summed E-state index contributed by atoms with van der Waals surface area (Å²) < 4.78 is 36.7. The maximum Gasteiger partial charge on any atom is 0.339 e. The summed E-state index contributed by atoms with van der Waals surface area (Å²) in [6.45, 7) is 1.91. The fourth-order valence-electron chi connectivity index (χ4n) is 3.65. The topological polar surface area (TPSA) is 180 Å². The number of nitro groups is 2. The Morgan fingerprint density at radius 1 is 1.00 bits per heavy atom. The van der Waals surface area contributed by atoms with E-state index in [0.29, 0.717) is 0 Å². The Balaban J connectivity index is 2.29. The van der Waals surface area contributed by atoms with Crippen LogP contribution >= 0.6 is 0 Å². The van der Waals surface area contributed by atoms with Gasteiger partial charge in [0.25, 0.3) is 11.4 Å². The number of hydrogen-bond acceptors (Lipinski definition) is 10. The molecule has 0 heterocycles. The van der Waals surface area contributed by atoms with Crippen molar-refractivity contribution >= 4 is 37.9 Å². The standard InChI is InChI=1S/C20H17N3O9S/c1-10-17(22(25)26)11(2)20(14(9-31-3)18(10)23(27)28)32-33(29,30)16-8-15(21)19(24)13-7-5-4-6-12(13)16/h4-8,21H,9H2,1-3H3. The van der Waals surface area contributed by atoms with Crippen molar-refractivity contribution in [2.24, 2.45) is 0 Å². The van der Waals surface area contributed by atoms with E-state index in [1.54, 1.807) is 0 Å². The normalized spacial score (nSPS) is 13.4. The number of methoxy groups -OCH3 is 1. The number of fused-ring (bicyclic) bond motifs is 1. The summed E-state index contributed by atoms with van der Waals surface area (Å²) in [5, 5.41) is 31.2. The Morgan fingerprint density at radius 2 is 1.58 bits per heavy atom. The van der Waals surface area contributed by atoms with Gasteiger partial charge in [-0.15, -0.1) is 0 Å². The van der Waals surface area contributed by atoms with Gasteiger partial charge in [-0.05, 0) is 19.9 Å². The average Bonchev–Trinajstić information content (AvgIpc) is 2.73. The fourth-order valence-corrected chi connectivity index (χ4v) is 4.89. The molecule has 1 aliphatic rings. The highest BCUT2D eigenvalue weighted by Crippen LogP contribution is 2.44. The van der Waals surface area contributed by atoms with Crippen molar-refractivity contribution in [2.45, 2.75) is 20.5 Å². The summed E-state index contributed by atoms with van der Waals surface area (Å²) >= 11 is 0. The maximum absolute atomic E-state index is 13.2. The molecule has 0 saturated carbocycles. The second kappa shape index (κ2) is 8.52. The molecule has 0 unspecified atom stereocenters. The summed E-state index contributed by atoms with van der Waals surface area (Å²) in [5.41, 5.74) is -2.90. The number of allylic oxidation sites excluding steroid dienone is 1. The Kier molecular flexibility index (Phi) is 6.12. The first kappa shape index (κ1) is 23.7. The van der Waals surface area contributed by atoms with Gasteiger partial charge in [-0.25, -0.2) is 0 Å². The SMILES string of the molecule is COCc1c(OS(=O)(=O)C2=CC(=N)C(=O)c3ccccc32)c(C)c([N+](=O)[O-])c(C)c1[N+](=O)[O-]. The Labute approximate surface area is 187 Å². The first-order valence-corrected chi connectivity index (χ1v) is 10.7. The second-order valence-electron chi connectivity index (χ2n) is 7.04. The van der Waals surface area contributed by atoms with Crippen LogP contribution in [-0.2, 0) is 21.5 Å². The van der Waals surface area contributed by atoms with Gasteiger partial charge in [0.1, 0.15) is 21.7 Å². The van der Waals surface area contributed by atoms with E-state index in [1.165, 1.54) is 45.2 Å². The minimum Gasteiger partial charge on any atom is -0.380 e. The van der Waals surface area contributed by atoms with Gasteiger partial charge < -0.3 is 8.92 Å². The van der Waals surface area contributed by atoms with Gasteiger partial charge in [0.2, 0.25) is 5.78 Å². The molecule has 0 spiro atoms. The summed E-state index contributed by atoms with van der Waals surface area (Å²) in [5.74, 6) is -1.31. The molecule has 0 saturated heterocycles. The zero-order valence-electron chi connectivity index (χ0n) is 17.6. The first-order valence-electron chi connectivity index (χ1n) is 9.25. The van der Waals surface area contributed by atoms with Crippen LogP contribution in [0.1, 0.15) is 32.6 Å². The monoisotopic (exact) mass is 475 g/mol. The van der Waals surface area contributed by atoms with Gasteiger partial charge in [0.15, 0.2) is 5.75 Å². The lowest BCUT2D eigenvalue weighted by atomic mass is 9.95. The molecule has 0 fully saturated rings. The third kappa shape index (κ3) is 3.99. The van der Waals surface area contributed by atoms with Crippen molar-refractivity contribution < 1.29 is 32.0 Å². The van der Waals surface area contributed by atoms with Gasteiger partial charge in [-0.2, -0.15) is 8.42 Å². The Bertz CT molecular complexity index is 1380. The van der Waals surface area contributed by atoms with Crippen molar-refractivity contribution in [3.05, 3.63) is 78.4 Å². The van der Waals surface area contributed by atoms with E-state index in [2.05, 4.69) is 0 Å². The van der Waals surface area contributed by atoms with Gasteiger partial charge in [0, 0.05) is 18.2 Å². The number of Topliss-reactive ketones (excluding diaryl/α,β-unsaturated/α-hetero) is 1. The van der Waals surface area contributed by atoms with Crippen LogP contribution in [0.3, 0.4) is 0 Å². The van der Waals surface area contributed by atoms with Crippen LogP contribution in [0.25, 0.3) is 4.91 Å². The maximum atomic E-state index is 13.2. The lowest BCUT2D eigenvalue weighted by Gasteiger charge is -2.20. The minimum atomic E-state index is -4.80. The third-order valence-electron chi connectivity index (χ3n) is 5.04. The number of hydrogen-bond donors (Lipinski definition) is 1. The molecule has 172 valence electrons. The first-order chi connectivity index (χ1) is 15.4.